The molecule has 2 saturated heterocycles. The Hall–Kier alpha value is -3.80. The van der Waals surface area contributed by atoms with E-state index < -0.39 is 17.5 Å². The highest BCUT2D eigenvalue weighted by Gasteiger charge is 2.40. The fraction of sp³-hybridized carbons (Fsp3) is 0.556. The number of morpholine rings is 1. The zero-order valence-electron chi connectivity index (χ0n) is 22.4. The molecular formula is C27H33N7O5. The minimum Gasteiger partial charge on any atom is -0.455 e. The molecule has 1 saturated carbocycles. The van der Waals surface area contributed by atoms with Crippen LogP contribution in [0.3, 0.4) is 0 Å². The standard InChI is InChI=1S/C27H33N7O5/c1-27(2,3)39-26(37)23-21(12-29-34(23)17-6-4-16(14-35)5-7-17)30-25(36)20-11-28-33-9-8-22(31-24(20)33)32-13-19-10-18(32)15-38-19/h8-9,11-12,14,16-19H,4-7,10,13,15H2,1-3H3,(H,30,36)/t16?,17?,18-,19-/m1/s1. The maximum absolute atomic E-state index is 13.5. The van der Waals surface area contributed by atoms with E-state index in [1.165, 1.54) is 12.4 Å². The molecule has 39 heavy (non-hydrogen) atoms. The lowest BCUT2D eigenvalue weighted by molar-refractivity contribution is -0.112. The summed E-state index contributed by atoms with van der Waals surface area (Å²) in [6.45, 7) is 6.83. The van der Waals surface area contributed by atoms with Gasteiger partial charge in [0.1, 0.15) is 23.3 Å². The molecule has 6 rings (SSSR count). The number of hydrogen-bond donors (Lipinski definition) is 1. The molecule has 3 aliphatic rings. The number of hydrogen-bond acceptors (Lipinski definition) is 9. The van der Waals surface area contributed by atoms with Crippen molar-refractivity contribution < 1.29 is 23.9 Å². The van der Waals surface area contributed by atoms with Crippen molar-refractivity contribution in [2.24, 2.45) is 5.92 Å². The molecule has 1 N–H and O–H groups in total. The first-order valence-corrected chi connectivity index (χ1v) is 13.5. The molecule has 5 heterocycles. The van der Waals surface area contributed by atoms with Gasteiger partial charge >= 0.3 is 5.97 Å². The smallest absolute Gasteiger partial charge is 0.359 e. The summed E-state index contributed by atoms with van der Waals surface area (Å²) in [6.07, 6.45) is 9.81. The van der Waals surface area contributed by atoms with Crippen molar-refractivity contribution in [3.8, 4) is 0 Å². The second-order valence-corrected chi connectivity index (χ2v) is 11.6. The van der Waals surface area contributed by atoms with E-state index in [1.807, 2.05) is 6.07 Å². The third kappa shape index (κ3) is 4.88. The van der Waals surface area contributed by atoms with Gasteiger partial charge in [0.25, 0.3) is 5.91 Å². The third-order valence-corrected chi connectivity index (χ3v) is 7.71. The summed E-state index contributed by atoms with van der Waals surface area (Å²) in [5.74, 6) is -0.215. The first kappa shape index (κ1) is 25.5. The van der Waals surface area contributed by atoms with Gasteiger partial charge in [-0.25, -0.2) is 14.3 Å². The summed E-state index contributed by atoms with van der Waals surface area (Å²) in [5.41, 5.74) is 0.423. The molecule has 3 fully saturated rings. The molecule has 0 aromatic carbocycles. The van der Waals surface area contributed by atoms with E-state index in [9.17, 15) is 14.4 Å². The zero-order chi connectivity index (χ0) is 27.3. The Bertz CT molecular complexity index is 1420. The minimum atomic E-state index is -0.731. The number of ether oxygens (including phenoxy) is 2. The number of amides is 1. The monoisotopic (exact) mass is 535 g/mol. The molecule has 12 heteroatoms. The molecule has 3 aromatic heterocycles. The second-order valence-electron chi connectivity index (χ2n) is 11.6. The van der Waals surface area contributed by atoms with E-state index in [2.05, 4.69) is 20.4 Å². The van der Waals surface area contributed by atoms with Crippen LogP contribution in [0.5, 0.6) is 0 Å². The van der Waals surface area contributed by atoms with Crippen molar-refractivity contribution in [2.45, 2.75) is 76.7 Å². The molecule has 1 amide bonds. The van der Waals surface area contributed by atoms with Crippen LogP contribution in [0.1, 0.15) is 79.8 Å². The average Bonchev–Trinajstić information content (AvgIpc) is 3.70. The number of aldehydes is 1. The van der Waals surface area contributed by atoms with Crippen molar-refractivity contribution in [3.05, 3.63) is 35.9 Å². The molecule has 2 aliphatic heterocycles. The Morgan fingerprint density at radius 1 is 1.13 bits per heavy atom. The van der Waals surface area contributed by atoms with Gasteiger partial charge in [0.2, 0.25) is 0 Å². The molecule has 2 atom stereocenters. The maximum atomic E-state index is 13.5. The predicted octanol–water partition coefficient (Wildman–Crippen LogP) is 3.04. The maximum Gasteiger partial charge on any atom is 0.359 e. The lowest BCUT2D eigenvalue weighted by atomic mass is 9.87. The SMILES string of the molecule is CC(C)(C)OC(=O)c1c(NC(=O)c2cnn3ccc(N4C[C@H]5C[C@@H]4CO5)nc23)cnn1C1CCC(C=O)CC1. The van der Waals surface area contributed by atoms with Gasteiger partial charge in [-0.05, 0) is 58.9 Å². The van der Waals surface area contributed by atoms with Gasteiger partial charge in [-0.15, -0.1) is 0 Å². The molecular weight excluding hydrogens is 502 g/mol. The highest BCUT2D eigenvalue weighted by Crippen LogP contribution is 2.35. The average molecular weight is 536 g/mol. The fourth-order valence-corrected chi connectivity index (χ4v) is 5.79. The van der Waals surface area contributed by atoms with Crippen molar-refractivity contribution in [2.75, 3.05) is 23.4 Å². The van der Waals surface area contributed by atoms with Crippen molar-refractivity contribution >= 4 is 35.3 Å². The van der Waals surface area contributed by atoms with Gasteiger partial charge in [-0.3, -0.25) is 9.48 Å². The number of aromatic nitrogens is 5. The summed E-state index contributed by atoms with van der Waals surface area (Å²) in [6, 6.07) is 2.11. The van der Waals surface area contributed by atoms with Gasteiger partial charge in [0.15, 0.2) is 11.3 Å². The first-order chi connectivity index (χ1) is 18.7. The number of nitrogens with zero attached hydrogens (tertiary/aromatic N) is 6. The van der Waals surface area contributed by atoms with Crippen LogP contribution in [-0.2, 0) is 14.3 Å². The predicted molar refractivity (Wildman–Crippen MR) is 141 cm³/mol. The van der Waals surface area contributed by atoms with Crippen LogP contribution in [0.2, 0.25) is 0 Å². The lowest BCUT2D eigenvalue weighted by Crippen LogP contribution is -2.37. The van der Waals surface area contributed by atoms with Crippen molar-refractivity contribution in [1.29, 1.82) is 0 Å². The zero-order valence-corrected chi connectivity index (χ0v) is 22.4. The van der Waals surface area contributed by atoms with E-state index in [0.29, 0.717) is 25.1 Å². The van der Waals surface area contributed by atoms with E-state index in [4.69, 9.17) is 14.5 Å². The number of fused-ring (bicyclic) bond motifs is 3. The van der Waals surface area contributed by atoms with E-state index in [1.54, 1.807) is 36.2 Å². The van der Waals surface area contributed by atoms with E-state index in [-0.39, 0.29) is 41.1 Å². The van der Waals surface area contributed by atoms with Crippen LogP contribution in [-0.4, -0.2) is 73.4 Å². The van der Waals surface area contributed by atoms with Crippen molar-refractivity contribution in [1.82, 2.24) is 24.4 Å². The number of carbonyl (C=O) groups excluding carboxylic acids is 3. The third-order valence-electron chi connectivity index (χ3n) is 7.71. The Morgan fingerprint density at radius 2 is 1.92 bits per heavy atom. The molecule has 1 aliphatic carbocycles. The van der Waals surface area contributed by atoms with Crippen LogP contribution in [0.25, 0.3) is 5.65 Å². The molecule has 3 aromatic rings. The van der Waals surface area contributed by atoms with Crippen LogP contribution in [0.4, 0.5) is 11.5 Å². The molecule has 2 bridgehead atoms. The van der Waals surface area contributed by atoms with Crippen LogP contribution >= 0.6 is 0 Å². The highest BCUT2D eigenvalue weighted by molar-refractivity contribution is 6.10. The Kier molecular flexibility index (Phi) is 6.37. The molecule has 206 valence electrons. The number of nitrogens with one attached hydrogen (secondary N) is 1. The van der Waals surface area contributed by atoms with E-state index >= 15 is 0 Å². The number of carbonyl (C=O) groups is 3. The molecule has 0 spiro atoms. The van der Waals surface area contributed by atoms with Crippen LogP contribution in [0.15, 0.2) is 24.7 Å². The summed E-state index contributed by atoms with van der Waals surface area (Å²) >= 11 is 0. The largest absolute Gasteiger partial charge is 0.455 e. The molecule has 12 nitrogen and oxygen atoms in total. The summed E-state index contributed by atoms with van der Waals surface area (Å²) < 4.78 is 14.6. The summed E-state index contributed by atoms with van der Waals surface area (Å²) in [7, 11) is 0. The highest BCUT2D eigenvalue weighted by atomic mass is 16.6. The van der Waals surface area contributed by atoms with Gasteiger partial charge in [-0.2, -0.15) is 10.2 Å². The van der Waals surface area contributed by atoms with E-state index in [0.717, 1.165) is 37.9 Å². The van der Waals surface area contributed by atoms with Gasteiger partial charge in [-0.1, -0.05) is 0 Å². The van der Waals surface area contributed by atoms with Gasteiger partial charge < -0.3 is 24.5 Å². The number of esters is 1. The summed E-state index contributed by atoms with van der Waals surface area (Å²) in [4.78, 5) is 45.1. The Morgan fingerprint density at radius 3 is 2.59 bits per heavy atom. The van der Waals surface area contributed by atoms with Crippen molar-refractivity contribution in [3.63, 3.8) is 0 Å². The minimum absolute atomic E-state index is 0.0252. The van der Waals surface area contributed by atoms with Crippen LogP contribution < -0.4 is 10.2 Å². The van der Waals surface area contributed by atoms with Crippen LogP contribution in [0, 0.1) is 5.92 Å². The topological polar surface area (TPSA) is 133 Å². The number of rotatable bonds is 6. The van der Waals surface area contributed by atoms with Gasteiger partial charge in [0.05, 0.1) is 42.9 Å². The number of anilines is 2. The Balaban J connectivity index is 1.28. The molecule has 0 unspecified atom stereocenters. The summed E-state index contributed by atoms with van der Waals surface area (Å²) in [5, 5.41) is 11.7. The quantitative estimate of drug-likeness (QED) is 0.373. The molecule has 0 radical (unpaired) electrons. The lowest BCUT2D eigenvalue weighted by Gasteiger charge is -2.28. The first-order valence-electron chi connectivity index (χ1n) is 13.5. The normalized spacial score (nSPS) is 24.7. The van der Waals surface area contributed by atoms with Gasteiger partial charge in [0, 0.05) is 18.7 Å². The fourth-order valence-electron chi connectivity index (χ4n) is 5.79. The Labute approximate surface area is 225 Å². The second kappa shape index (κ2) is 9.74.